The van der Waals surface area contributed by atoms with Crippen molar-refractivity contribution < 1.29 is 0 Å². The van der Waals surface area contributed by atoms with E-state index in [1.54, 1.807) is 0 Å². The van der Waals surface area contributed by atoms with Gasteiger partial charge in [-0.3, -0.25) is 4.90 Å². The molecule has 1 aliphatic rings. The molecule has 17 heavy (non-hydrogen) atoms. The van der Waals surface area contributed by atoms with E-state index >= 15 is 0 Å². The molecule has 0 saturated carbocycles. The number of likely N-dealkylation sites (tertiary alicyclic amines) is 1. The number of aromatic nitrogens is 1. The van der Waals surface area contributed by atoms with Crippen molar-refractivity contribution in [3.05, 3.63) is 23.9 Å². The fraction of sp³-hybridized carbons (Fsp3) is 0.615. The molecule has 0 aromatic carbocycles. The molecule has 0 atom stereocenters. The third-order valence-electron chi connectivity index (χ3n) is 3.55. The Labute approximate surface area is 103 Å². The molecule has 4 heteroatoms. The average molecular weight is 234 g/mol. The van der Waals surface area contributed by atoms with E-state index in [-0.39, 0.29) is 0 Å². The first-order chi connectivity index (χ1) is 8.15. The van der Waals surface area contributed by atoms with Crippen molar-refractivity contribution in [2.45, 2.75) is 25.4 Å². The maximum absolute atomic E-state index is 5.69. The molecule has 2 N–H and O–H groups in total. The molecule has 1 fully saturated rings. The molecule has 1 aliphatic heterocycles. The zero-order valence-electron chi connectivity index (χ0n) is 10.8. The fourth-order valence-electron chi connectivity index (χ4n) is 2.41. The van der Waals surface area contributed by atoms with Crippen LogP contribution < -0.4 is 5.73 Å². The van der Waals surface area contributed by atoms with Gasteiger partial charge in [0.1, 0.15) is 5.82 Å². The van der Waals surface area contributed by atoms with E-state index in [2.05, 4.69) is 28.9 Å². The van der Waals surface area contributed by atoms with Crippen LogP contribution in [-0.4, -0.2) is 48.0 Å². The van der Waals surface area contributed by atoms with Gasteiger partial charge in [-0.05, 0) is 52.2 Å². The third-order valence-corrected chi connectivity index (χ3v) is 3.55. The Kier molecular flexibility index (Phi) is 3.97. The van der Waals surface area contributed by atoms with Crippen molar-refractivity contribution in [2.24, 2.45) is 0 Å². The van der Waals surface area contributed by atoms with Gasteiger partial charge in [-0.2, -0.15) is 0 Å². The first-order valence-electron chi connectivity index (χ1n) is 6.25. The summed E-state index contributed by atoms with van der Waals surface area (Å²) in [4.78, 5) is 9.14. The van der Waals surface area contributed by atoms with Crippen molar-refractivity contribution in [1.29, 1.82) is 0 Å². The van der Waals surface area contributed by atoms with Gasteiger partial charge in [0.25, 0.3) is 0 Å². The van der Waals surface area contributed by atoms with Crippen molar-refractivity contribution in [1.82, 2.24) is 14.8 Å². The van der Waals surface area contributed by atoms with E-state index in [9.17, 15) is 0 Å². The van der Waals surface area contributed by atoms with E-state index in [0.717, 1.165) is 12.2 Å². The maximum Gasteiger partial charge on any atom is 0.123 e. The second-order valence-electron chi connectivity index (χ2n) is 5.00. The molecular weight excluding hydrogens is 212 g/mol. The van der Waals surface area contributed by atoms with Crippen LogP contribution in [0.25, 0.3) is 0 Å². The van der Waals surface area contributed by atoms with E-state index in [1.165, 1.54) is 25.9 Å². The highest BCUT2D eigenvalue weighted by atomic mass is 15.2. The average Bonchev–Trinajstić information content (AvgIpc) is 2.29. The van der Waals surface area contributed by atoms with Gasteiger partial charge in [0, 0.05) is 12.6 Å². The Balaban J connectivity index is 1.90. The van der Waals surface area contributed by atoms with Crippen LogP contribution in [-0.2, 0) is 6.54 Å². The highest BCUT2D eigenvalue weighted by Crippen LogP contribution is 2.16. The number of nitrogens with two attached hydrogens (primary N) is 1. The van der Waals surface area contributed by atoms with E-state index in [4.69, 9.17) is 5.73 Å². The van der Waals surface area contributed by atoms with Crippen LogP contribution in [0.3, 0.4) is 0 Å². The van der Waals surface area contributed by atoms with Crippen LogP contribution >= 0.6 is 0 Å². The lowest BCUT2D eigenvalue weighted by Gasteiger charge is -2.34. The van der Waals surface area contributed by atoms with E-state index in [0.29, 0.717) is 11.9 Å². The van der Waals surface area contributed by atoms with E-state index < -0.39 is 0 Å². The number of hydrogen-bond donors (Lipinski definition) is 1. The molecule has 2 heterocycles. The minimum atomic E-state index is 0.610. The topological polar surface area (TPSA) is 45.4 Å². The van der Waals surface area contributed by atoms with Crippen molar-refractivity contribution in [2.75, 3.05) is 32.9 Å². The van der Waals surface area contributed by atoms with Gasteiger partial charge in [0.05, 0.1) is 5.69 Å². The summed E-state index contributed by atoms with van der Waals surface area (Å²) in [5, 5.41) is 0. The first-order valence-corrected chi connectivity index (χ1v) is 6.25. The van der Waals surface area contributed by atoms with Gasteiger partial charge in [0.2, 0.25) is 0 Å². The largest absolute Gasteiger partial charge is 0.384 e. The monoisotopic (exact) mass is 234 g/mol. The summed E-state index contributed by atoms with van der Waals surface area (Å²) < 4.78 is 0. The summed E-state index contributed by atoms with van der Waals surface area (Å²) in [6.07, 6.45) is 2.49. The Morgan fingerprint density at radius 1 is 1.41 bits per heavy atom. The Morgan fingerprint density at radius 2 is 2.12 bits per heavy atom. The SMILES string of the molecule is CN1CCC(N(C)Cc2cccc(N)n2)CC1. The molecule has 2 rings (SSSR count). The molecule has 0 aliphatic carbocycles. The summed E-state index contributed by atoms with van der Waals surface area (Å²) in [5.41, 5.74) is 6.76. The van der Waals surface area contributed by atoms with Crippen LogP contribution in [0.15, 0.2) is 18.2 Å². The predicted octanol–water partition coefficient (Wildman–Crippen LogP) is 1.19. The van der Waals surface area contributed by atoms with Crippen LogP contribution in [0.1, 0.15) is 18.5 Å². The zero-order chi connectivity index (χ0) is 12.3. The van der Waals surface area contributed by atoms with Gasteiger partial charge in [-0.25, -0.2) is 4.98 Å². The van der Waals surface area contributed by atoms with E-state index in [1.807, 2.05) is 18.2 Å². The third kappa shape index (κ3) is 3.41. The molecule has 0 bridgehead atoms. The molecule has 0 spiro atoms. The Morgan fingerprint density at radius 3 is 2.76 bits per heavy atom. The van der Waals surface area contributed by atoms with Crippen molar-refractivity contribution in [3.63, 3.8) is 0 Å². The number of pyridine rings is 1. The highest BCUT2D eigenvalue weighted by molar-refractivity contribution is 5.28. The molecule has 94 valence electrons. The number of rotatable bonds is 3. The Bertz CT molecular complexity index is 358. The summed E-state index contributed by atoms with van der Waals surface area (Å²) in [6, 6.07) is 6.52. The molecule has 0 unspecified atom stereocenters. The lowest BCUT2D eigenvalue weighted by Crippen LogP contribution is -2.41. The Hall–Kier alpha value is -1.13. The smallest absolute Gasteiger partial charge is 0.123 e. The molecule has 1 aromatic heterocycles. The quantitative estimate of drug-likeness (QED) is 0.853. The summed E-state index contributed by atoms with van der Waals surface area (Å²) in [6.45, 7) is 3.28. The predicted molar refractivity (Wildman–Crippen MR) is 70.6 cm³/mol. The minimum absolute atomic E-state index is 0.610. The van der Waals surface area contributed by atoms with Gasteiger partial charge in [0.15, 0.2) is 0 Å². The van der Waals surface area contributed by atoms with Crippen LogP contribution in [0, 0.1) is 0 Å². The summed E-state index contributed by atoms with van der Waals surface area (Å²) in [7, 11) is 4.37. The number of hydrogen-bond acceptors (Lipinski definition) is 4. The van der Waals surface area contributed by atoms with Crippen LogP contribution in [0.2, 0.25) is 0 Å². The summed E-state index contributed by atoms with van der Waals surface area (Å²) in [5.74, 6) is 0.610. The van der Waals surface area contributed by atoms with Gasteiger partial charge in [-0.15, -0.1) is 0 Å². The lowest BCUT2D eigenvalue weighted by atomic mass is 10.0. The normalized spacial score (nSPS) is 18.8. The molecule has 1 saturated heterocycles. The zero-order valence-corrected chi connectivity index (χ0v) is 10.8. The standard InChI is InChI=1S/C13H22N4/c1-16-8-6-12(7-9-16)17(2)10-11-4-3-5-13(14)15-11/h3-5,12H,6-10H2,1-2H3,(H2,14,15). The number of nitrogens with zero attached hydrogens (tertiary/aromatic N) is 3. The molecule has 1 aromatic rings. The first kappa shape index (κ1) is 12.3. The van der Waals surface area contributed by atoms with Gasteiger partial charge >= 0.3 is 0 Å². The number of piperidine rings is 1. The number of nitrogen functional groups attached to an aromatic ring is 1. The fourth-order valence-corrected chi connectivity index (χ4v) is 2.41. The maximum atomic E-state index is 5.69. The van der Waals surface area contributed by atoms with Crippen molar-refractivity contribution in [3.8, 4) is 0 Å². The van der Waals surface area contributed by atoms with Crippen LogP contribution in [0.5, 0.6) is 0 Å². The molecular formula is C13H22N4. The van der Waals surface area contributed by atoms with Crippen LogP contribution in [0.4, 0.5) is 5.82 Å². The minimum Gasteiger partial charge on any atom is -0.384 e. The molecule has 4 nitrogen and oxygen atoms in total. The second-order valence-corrected chi connectivity index (χ2v) is 5.00. The molecule has 0 amide bonds. The highest BCUT2D eigenvalue weighted by Gasteiger charge is 2.20. The molecule has 0 radical (unpaired) electrons. The van der Waals surface area contributed by atoms with Crippen molar-refractivity contribution >= 4 is 5.82 Å². The summed E-state index contributed by atoms with van der Waals surface area (Å²) >= 11 is 0. The van der Waals surface area contributed by atoms with Gasteiger partial charge in [-0.1, -0.05) is 6.07 Å². The van der Waals surface area contributed by atoms with Gasteiger partial charge < -0.3 is 10.6 Å². The lowest BCUT2D eigenvalue weighted by molar-refractivity contribution is 0.138. The number of anilines is 1. The second kappa shape index (κ2) is 5.47.